The van der Waals surface area contributed by atoms with Crippen molar-refractivity contribution < 1.29 is 4.79 Å². The van der Waals surface area contributed by atoms with Crippen molar-refractivity contribution in [3.05, 3.63) is 46.7 Å². The van der Waals surface area contributed by atoms with Crippen LogP contribution in [0.4, 0.5) is 11.6 Å². The van der Waals surface area contributed by atoms with E-state index in [-0.39, 0.29) is 11.9 Å². The zero-order valence-corrected chi connectivity index (χ0v) is 15.1. The highest BCUT2D eigenvalue weighted by atomic mass is 35.5. The van der Waals surface area contributed by atoms with Crippen LogP contribution in [-0.4, -0.2) is 21.9 Å². The zero-order chi connectivity index (χ0) is 17.6. The lowest BCUT2D eigenvalue weighted by molar-refractivity contribution is 0.0928. The Morgan fingerprint density at radius 3 is 2.68 bits per heavy atom. The molecule has 0 spiro atoms. The zero-order valence-electron chi connectivity index (χ0n) is 14.4. The summed E-state index contributed by atoms with van der Waals surface area (Å²) < 4.78 is 0. The Balaban J connectivity index is 1.70. The van der Waals surface area contributed by atoms with E-state index < -0.39 is 0 Å². The summed E-state index contributed by atoms with van der Waals surface area (Å²) in [6.07, 6.45) is 8.55. The van der Waals surface area contributed by atoms with Crippen LogP contribution in [-0.2, 0) is 0 Å². The Morgan fingerprint density at radius 2 is 1.92 bits per heavy atom. The van der Waals surface area contributed by atoms with Crippen LogP contribution in [0.1, 0.15) is 54.6 Å². The van der Waals surface area contributed by atoms with E-state index in [1.165, 1.54) is 25.7 Å². The normalized spacial score (nSPS) is 15.4. The number of carbonyl (C=O) groups is 1. The molecule has 1 amide bonds. The van der Waals surface area contributed by atoms with Crippen LogP contribution >= 0.6 is 11.6 Å². The quantitative estimate of drug-likeness (QED) is 0.781. The number of nitrogens with zero attached hydrogens (tertiary/aromatic N) is 2. The van der Waals surface area contributed by atoms with Gasteiger partial charge in [0.2, 0.25) is 5.95 Å². The van der Waals surface area contributed by atoms with E-state index in [1.54, 1.807) is 12.3 Å². The van der Waals surface area contributed by atoms with Gasteiger partial charge in [-0.25, -0.2) is 9.97 Å². The van der Waals surface area contributed by atoms with E-state index in [1.807, 2.05) is 25.1 Å². The van der Waals surface area contributed by atoms with Gasteiger partial charge in [0, 0.05) is 22.9 Å². The van der Waals surface area contributed by atoms with Crippen molar-refractivity contribution in [1.29, 1.82) is 0 Å². The molecule has 0 unspecified atom stereocenters. The van der Waals surface area contributed by atoms with E-state index in [0.29, 0.717) is 16.7 Å². The third-order valence-corrected chi connectivity index (χ3v) is 4.76. The number of hydrogen-bond donors (Lipinski definition) is 2. The Hall–Kier alpha value is -2.14. The first-order valence-corrected chi connectivity index (χ1v) is 9.17. The van der Waals surface area contributed by atoms with E-state index in [2.05, 4.69) is 20.6 Å². The Morgan fingerprint density at radius 1 is 1.16 bits per heavy atom. The van der Waals surface area contributed by atoms with Crippen LogP contribution in [0, 0.1) is 6.92 Å². The summed E-state index contributed by atoms with van der Waals surface area (Å²) in [4.78, 5) is 21.1. The summed E-state index contributed by atoms with van der Waals surface area (Å²) in [5.74, 6) is 0.249. The van der Waals surface area contributed by atoms with E-state index in [4.69, 9.17) is 11.6 Å². The molecule has 1 aromatic heterocycles. The number of anilines is 2. The highest BCUT2D eigenvalue weighted by Gasteiger charge is 2.17. The van der Waals surface area contributed by atoms with E-state index in [9.17, 15) is 4.79 Å². The van der Waals surface area contributed by atoms with Gasteiger partial charge in [-0.2, -0.15) is 0 Å². The minimum absolute atomic E-state index is 0.139. The topological polar surface area (TPSA) is 66.9 Å². The molecule has 132 valence electrons. The van der Waals surface area contributed by atoms with Crippen molar-refractivity contribution in [2.75, 3.05) is 5.32 Å². The number of aryl methyl sites for hydroxylation is 1. The maximum absolute atomic E-state index is 12.5. The summed E-state index contributed by atoms with van der Waals surface area (Å²) in [7, 11) is 0. The second kappa shape index (κ2) is 8.30. The number of benzene rings is 1. The molecule has 3 rings (SSSR count). The fourth-order valence-corrected chi connectivity index (χ4v) is 3.25. The number of aromatic nitrogens is 2. The van der Waals surface area contributed by atoms with Crippen LogP contribution in [0.15, 0.2) is 30.5 Å². The summed E-state index contributed by atoms with van der Waals surface area (Å²) in [5.41, 5.74) is 2.23. The summed E-state index contributed by atoms with van der Waals surface area (Å²) in [6.45, 7) is 1.97. The fourth-order valence-electron chi connectivity index (χ4n) is 3.08. The average Bonchev–Trinajstić information content (AvgIpc) is 2.87. The first-order valence-electron chi connectivity index (χ1n) is 8.79. The second-order valence-electron chi connectivity index (χ2n) is 6.51. The predicted molar refractivity (Wildman–Crippen MR) is 100 cm³/mol. The van der Waals surface area contributed by atoms with Gasteiger partial charge in [0.05, 0.1) is 0 Å². The van der Waals surface area contributed by atoms with E-state index >= 15 is 0 Å². The molecule has 1 aromatic carbocycles. The minimum atomic E-state index is -0.139. The predicted octanol–water partition coefficient (Wildman–Crippen LogP) is 4.63. The number of rotatable bonds is 4. The third-order valence-electron chi connectivity index (χ3n) is 4.52. The van der Waals surface area contributed by atoms with Crippen molar-refractivity contribution in [2.24, 2.45) is 0 Å². The maximum Gasteiger partial charge on any atom is 0.270 e. The number of halogens is 1. The Bertz CT molecular complexity index is 742. The Labute approximate surface area is 153 Å². The van der Waals surface area contributed by atoms with Crippen LogP contribution < -0.4 is 10.6 Å². The van der Waals surface area contributed by atoms with Crippen LogP contribution in [0.5, 0.6) is 0 Å². The lowest BCUT2D eigenvalue weighted by Gasteiger charge is -2.16. The van der Waals surface area contributed by atoms with Gasteiger partial charge < -0.3 is 10.6 Å². The highest BCUT2D eigenvalue weighted by molar-refractivity contribution is 6.30. The van der Waals surface area contributed by atoms with Crippen molar-refractivity contribution in [2.45, 2.75) is 51.5 Å². The van der Waals surface area contributed by atoms with Crippen LogP contribution in [0.25, 0.3) is 0 Å². The molecule has 1 heterocycles. The molecule has 0 atom stereocenters. The van der Waals surface area contributed by atoms with Crippen molar-refractivity contribution in [3.63, 3.8) is 0 Å². The molecule has 2 aromatic rings. The summed E-state index contributed by atoms with van der Waals surface area (Å²) in [5, 5.41) is 6.88. The average molecular weight is 359 g/mol. The van der Waals surface area contributed by atoms with Crippen LogP contribution in [0.3, 0.4) is 0 Å². The van der Waals surface area contributed by atoms with Gasteiger partial charge in [0.15, 0.2) is 0 Å². The van der Waals surface area contributed by atoms with Gasteiger partial charge in [0.1, 0.15) is 5.69 Å². The summed E-state index contributed by atoms with van der Waals surface area (Å²) >= 11 is 6.04. The molecule has 1 fully saturated rings. The molecule has 0 bridgehead atoms. The number of nitrogens with one attached hydrogen (secondary N) is 2. The SMILES string of the molecule is Cc1ccc(Cl)cc1Nc1nccc(C(=O)NC2CCCCCC2)n1. The third kappa shape index (κ3) is 4.92. The lowest BCUT2D eigenvalue weighted by Crippen LogP contribution is -2.35. The second-order valence-corrected chi connectivity index (χ2v) is 6.95. The smallest absolute Gasteiger partial charge is 0.270 e. The molecule has 0 aliphatic heterocycles. The van der Waals surface area contributed by atoms with Crippen molar-refractivity contribution in [1.82, 2.24) is 15.3 Å². The molecule has 1 saturated carbocycles. The van der Waals surface area contributed by atoms with Gasteiger partial charge in [-0.3, -0.25) is 4.79 Å². The first-order chi connectivity index (χ1) is 12.1. The van der Waals surface area contributed by atoms with E-state index in [0.717, 1.165) is 24.1 Å². The van der Waals surface area contributed by atoms with Gasteiger partial charge in [0.25, 0.3) is 5.91 Å². The molecule has 1 aliphatic rings. The molecular formula is C19H23ClN4O. The lowest BCUT2D eigenvalue weighted by atomic mass is 10.1. The monoisotopic (exact) mass is 358 g/mol. The Kier molecular flexibility index (Phi) is 5.87. The molecule has 1 aliphatic carbocycles. The number of hydrogen-bond acceptors (Lipinski definition) is 4. The summed E-state index contributed by atoms with van der Waals surface area (Å²) in [6, 6.07) is 7.46. The molecule has 0 radical (unpaired) electrons. The van der Waals surface area contributed by atoms with Gasteiger partial charge >= 0.3 is 0 Å². The number of carbonyl (C=O) groups excluding carboxylic acids is 1. The molecule has 0 saturated heterocycles. The maximum atomic E-state index is 12.5. The van der Waals surface area contributed by atoms with Gasteiger partial charge in [-0.05, 0) is 43.5 Å². The number of amides is 1. The molecular weight excluding hydrogens is 336 g/mol. The first kappa shape index (κ1) is 17.7. The van der Waals surface area contributed by atoms with Crippen LogP contribution in [0.2, 0.25) is 5.02 Å². The molecule has 2 N–H and O–H groups in total. The standard InChI is InChI=1S/C19H23ClN4O/c1-13-8-9-14(20)12-17(13)24-19-21-11-10-16(23-19)18(25)22-15-6-4-2-3-5-7-15/h8-12,15H,2-7H2,1H3,(H,22,25)(H,21,23,24). The van der Waals surface area contributed by atoms with Crippen molar-refractivity contribution in [3.8, 4) is 0 Å². The van der Waals surface area contributed by atoms with Gasteiger partial charge in [-0.15, -0.1) is 0 Å². The largest absolute Gasteiger partial charge is 0.348 e. The molecule has 6 heteroatoms. The minimum Gasteiger partial charge on any atom is -0.348 e. The van der Waals surface area contributed by atoms with Crippen molar-refractivity contribution >= 4 is 29.1 Å². The van der Waals surface area contributed by atoms with Gasteiger partial charge in [-0.1, -0.05) is 43.4 Å². The molecule has 5 nitrogen and oxygen atoms in total. The fraction of sp³-hybridized carbons (Fsp3) is 0.421. The highest BCUT2D eigenvalue weighted by Crippen LogP contribution is 2.22. The molecule has 25 heavy (non-hydrogen) atoms.